The van der Waals surface area contributed by atoms with Crippen molar-refractivity contribution in [1.82, 2.24) is 4.90 Å². The van der Waals surface area contributed by atoms with E-state index in [2.05, 4.69) is 4.72 Å². The number of benzene rings is 1. The highest BCUT2D eigenvalue weighted by molar-refractivity contribution is 7.92. The molecule has 1 saturated heterocycles. The minimum absolute atomic E-state index is 0.0625. The Morgan fingerprint density at radius 1 is 1.20 bits per heavy atom. The Hall–Kier alpha value is -1.56. The molecule has 0 atom stereocenters. The lowest BCUT2D eigenvalue weighted by molar-refractivity contribution is -0.131. The maximum Gasteiger partial charge on any atom is 0.229 e. The molecule has 0 aliphatic carbocycles. The lowest BCUT2D eigenvalue weighted by Crippen LogP contribution is -2.36. The lowest BCUT2D eigenvalue weighted by Gasteiger charge is -2.27. The number of sulfonamides is 1. The molecule has 5 nitrogen and oxygen atoms in total. The van der Waals surface area contributed by atoms with E-state index in [4.69, 9.17) is 0 Å². The Bertz CT molecular complexity index is 578. The zero-order chi connectivity index (χ0) is 14.6. The maximum atomic E-state index is 12.2. The summed E-state index contributed by atoms with van der Waals surface area (Å²) in [6, 6.07) is 7.03. The SMILES string of the molecule is CS(=O)(=O)Nc1ccccc1CC(=O)N1CCCCC1. The zero-order valence-electron chi connectivity index (χ0n) is 11.6. The van der Waals surface area contributed by atoms with Crippen LogP contribution in [0.15, 0.2) is 24.3 Å². The Morgan fingerprint density at radius 3 is 2.50 bits per heavy atom. The molecule has 20 heavy (non-hydrogen) atoms. The number of carbonyl (C=O) groups is 1. The number of amides is 1. The van der Waals surface area contributed by atoms with Gasteiger partial charge in [-0.25, -0.2) is 8.42 Å². The van der Waals surface area contributed by atoms with Crippen molar-refractivity contribution in [1.29, 1.82) is 0 Å². The fourth-order valence-electron chi connectivity index (χ4n) is 2.39. The van der Waals surface area contributed by atoms with Crippen LogP contribution in [0.4, 0.5) is 5.69 Å². The molecular weight excluding hydrogens is 276 g/mol. The average Bonchev–Trinajstić information content (AvgIpc) is 2.40. The normalized spacial score (nSPS) is 15.9. The van der Waals surface area contributed by atoms with Crippen molar-refractivity contribution in [2.45, 2.75) is 25.7 Å². The number of hydrogen-bond acceptors (Lipinski definition) is 3. The summed E-state index contributed by atoms with van der Waals surface area (Å²) in [4.78, 5) is 14.1. The average molecular weight is 296 g/mol. The van der Waals surface area contributed by atoms with Crippen LogP contribution in [0, 0.1) is 0 Å². The molecule has 1 aromatic carbocycles. The number of piperidine rings is 1. The summed E-state index contributed by atoms with van der Waals surface area (Å²) < 4.78 is 25.1. The number of nitrogens with one attached hydrogen (secondary N) is 1. The number of hydrogen-bond donors (Lipinski definition) is 1. The second kappa shape index (κ2) is 6.26. The fraction of sp³-hybridized carbons (Fsp3) is 0.500. The van der Waals surface area contributed by atoms with Crippen LogP contribution < -0.4 is 4.72 Å². The highest BCUT2D eigenvalue weighted by atomic mass is 32.2. The Labute approximate surface area is 120 Å². The minimum atomic E-state index is -3.34. The number of likely N-dealkylation sites (tertiary alicyclic amines) is 1. The van der Waals surface area contributed by atoms with Crippen molar-refractivity contribution < 1.29 is 13.2 Å². The first-order valence-electron chi connectivity index (χ1n) is 6.79. The summed E-state index contributed by atoms with van der Waals surface area (Å²) in [6.45, 7) is 1.61. The van der Waals surface area contributed by atoms with Crippen LogP contribution in [0.25, 0.3) is 0 Å². The monoisotopic (exact) mass is 296 g/mol. The van der Waals surface area contributed by atoms with Gasteiger partial charge in [0, 0.05) is 13.1 Å². The van der Waals surface area contributed by atoms with E-state index in [1.54, 1.807) is 18.2 Å². The molecule has 0 saturated carbocycles. The Balaban J connectivity index is 2.10. The first kappa shape index (κ1) is 14.8. The third-order valence-corrected chi connectivity index (χ3v) is 3.95. The van der Waals surface area contributed by atoms with Gasteiger partial charge in [0.05, 0.1) is 18.4 Å². The van der Waals surface area contributed by atoms with E-state index in [1.807, 2.05) is 11.0 Å². The quantitative estimate of drug-likeness (QED) is 0.918. The number of rotatable bonds is 4. The van der Waals surface area contributed by atoms with Crippen LogP contribution in [-0.2, 0) is 21.2 Å². The van der Waals surface area contributed by atoms with E-state index in [0.717, 1.165) is 32.2 Å². The summed E-state index contributed by atoms with van der Waals surface area (Å²) in [5, 5.41) is 0. The molecule has 0 spiro atoms. The summed E-state index contributed by atoms with van der Waals surface area (Å²) in [5.74, 6) is 0.0625. The number of nitrogens with zero attached hydrogens (tertiary/aromatic N) is 1. The van der Waals surface area contributed by atoms with Crippen LogP contribution in [-0.4, -0.2) is 38.6 Å². The molecule has 1 aliphatic heterocycles. The molecule has 1 aliphatic rings. The molecule has 2 rings (SSSR count). The predicted molar refractivity (Wildman–Crippen MR) is 79.0 cm³/mol. The second-order valence-electron chi connectivity index (χ2n) is 5.15. The van der Waals surface area contributed by atoms with Gasteiger partial charge in [-0.1, -0.05) is 18.2 Å². The van der Waals surface area contributed by atoms with Gasteiger partial charge in [-0.15, -0.1) is 0 Å². The smallest absolute Gasteiger partial charge is 0.229 e. The van der Waals surface area contributed by atoms with Crippen LogP contribution in [0.3, 0.4) is 0 Å². The molecule has 0 aromatic heterocycles. The molecule has 110 valence electrons. The van der Waals surface area contributed by atoms with Gasteiger partial charge >= 0.3 is 0 Å². The van der Waals surface area contributed by atoms with Crippen molar-refractivity contribution in [2.24, 2.45) is 0 Å². The van der Waals surface area contributed by atoms with Crippen molar-refractivity contribution in [3.8, 4) is 0 Å². The van der Waals surface area contributed by atoms with Gasteiger partial charge in [0.15, 0.2) is 0 Å². The summed E-state index contributed by atoms with van der Waals surface area (Å²) in [5.41, 5.74) is 1.20. The molecule has 1 fully saturated rings. The third kappa shape index (κ3) is 4.23. The van der Waals surface area contributed by atoms with Crippen LogP contribution >= 0.6 is 0 Å². The minimum Gasteiger partial charge on any atom is -0.342 e. The maximum absolute atomic E-state index is 12.2. The molecular formula is C14H20N2O3S. The van der Waals surface area contributed by atoms with Gasteiger partial charge in [-0.3, -0.25) is 9.52 Å². The van der Waals surface area contributed by atoms with E-state index < -0.39 is 10.0 Å². The van der Waals surface area contributed by atoms with Crippen molar-refractivity contribution >= 4 is 21.6 Å². The highest BCUT2D eigenvalue weighted by Gasteiger charge is 2.18. The number of carbonyl (C=O) groups excluding carboxylic acids is 1. The lowest BCUT2D eigenvalue weighted by atomic mass is 10.1. The van der Waals surface area contributed by atoms with Gasteiger partial charge < -0.3 is 4.90 Å². The van der Waals surface area contributed by atoms with Crippen molar-refractivity contribution in [3.05, 3.63) is 29.8 Å². The first-order valence-corrected chi connectivity index (χ1v) is 8.68. The third-order valence-electron chi connectivity index (χ3n) is 3.36. The standard InChI is InChI=1S/C14H20N2O3S/c1-20(18,19)15-13-8-4-3-7-12(13)11-14(17)16-9-5-2-6-10-16/h3-4,7-8,15H,2,5-6,9-11H2,1H3. The highest BCUT2D eigenvalue weighted by Crippen LogP contribution is 2.19. The zero-order valence-corrected chi connectivity index (χ0v) is 12.4. The Morgan fingerprint density at radius 2 is 1.85 bits per heavy atom. The van der Waals surface area contributed by atoms with Gasteiger partial charge in [-0.05, 0) is 30.9 Å². The largest absolute Gasteiger partial charge is 0.342 e. The van der Waals surface area contributed by atoms with Gasteiger partial charge in [0.2, 0.25) is 15.9 Å². The van der Waals surface area contributed by atoms with Crippen molar-refractivity contribution in [2.75, 3.05) is 24.1 Å². The molecule has 6 heteroatoms. The van der Waals surface area contributed by atoms with Gasteiger partial charge in [0.25, 0.3) is 0 Å². The number of anilines is 1. The molecule has 0 radical (unpaired) electrons. The van der Waals surface area contributed by atoms with E-state index >= 15 is 0 Å². The molecule has 1 amide bonds. The van der Waals surface area contributed by atoms with Gasteiger partial charge in [-0.2, -0.15) is 0 Å². The van der Waals surface area contributed by atoms with E-state index in [1.165, 1.54) is 6.42 Å². The molecule has 0 unspecified atom stereocenters. The summed E-state index contributed by atoms with van der Waals surface area (Å²) in [7, 11) is -3.34. The predicted octanol–water partition coefficient (Wildman–Crippen LogP) is 1.61. The van der Waals surface area contributed by atoms with Crippen LogP contribution in [0.1, 0.15) is 24.8 Å². The Kier molecular flexibility index (Phi) is 4.65. The second-order valence-corrected chi connectivity index (χ2v) is 6.90. The van der Waals surface area contributed by atoms with Gasteiger partial charge in [0.1, 0.15) is 0 Å². The first-order chi connectivity index (χ1) is 9.46. The number of para-hydroxylation sites is 1. The molecule has 0 bridgehead atoms. The van der Waals surface area contributed by atoms with E-state index in [0.29, 0.717) is 11.3 Å². The summed E-state index contributed by atoms with van der Waals surface area (Å²) in [6.07, 6.45) is 4.62. The fourth-order valence-corrected chi connectivity index (χ4v) is 2.99. The van der Waals surface area contributed by atoms with E-state index in [-0.39, 0.29) is 12.3 Å². The van der Waals surface area contributed by atoms with E-state index in [9.17, 15) is 13.2 Å². The van der Waals surface area contributed by atoms with Crippen LogP contribution in [0.2, 0.25) is 0 Å². The molecule has 1 aromatic rings. The topological polar surface area (TPSA) is 66.5 Å². The van der Waals surface area contributed by atoms with Crippen LogP contribution in [0.5, 0.6) is 0 Å². The molecule has 1 N–H and O–H groups in total. The van der Waals surface area contributed by atoms with Crippen molar-refractivity contribution in [3.63, 3.8) is 0 Å². The summed E-state index contributed by atoms with van der Waals surface area (Å²) >= 11 is 0. The molecule has 1 heterocycles.